The Morgan fingerprint density at radius 1 is 1.00 bits per heavy atom. The van der Waals surface area contributed by atoms with E-state index in [4.69, 9.17) is 5.73 Å². The van der Waals surface area contributed by atoms with Gasteiger partial charge >= 0.3 is 0 Å². The Balaban J connectivity index is 2.33. The Morgan fingerprint density at radius 3 is 2.13 bits per heavy atom. The minimum absolute atomic E-state index is 0.406. The van der Waals surface area contributed by atoms with Crippen molar-refractivity contribution in [2.24, 2.45) is 11.7 Å². The molecule has 23 heavy (non-hydrogen) atoms. The summed E-state index contributed by atoms with van der Waals surface area (Å²) < 4.78 is 0. The van der Waals surface area contributed by atoms with Gasteiger partial charge in [0, 0.05) is 12.2 Å². The van der Waals surface area contributed by atoms with E-state index >= 15 is 0 Å². The predicted octanol–water partition coefficient (Wildman–Crippen LogP) is 4.64. The topological polar surface area (TPSA) is 55.1 Å². The van der Waals surface area contributed by atoms with E-state index in [0.29, 0.717) is 17.4 Å². The Labute approximate surface area is 138 Å². The van der Waals surface area contributed by atoms with Gasteiger partial charge in [0.25, 0.3) is 5.91 Å². The lowest BCUT2D eigenvalue weighted by Crippen LogP contribution is -2.16. The van der Waals surface area contributed by atoms with Gasteiger partial charge in [0.05, 0.1) is 5.56 Å². The SMILES string of the molecule is CC(C)CNc1ccc(-c2ccc(C(C)C)cc2)cc1C(N)=O. The molecule has 0 aliphatic heterocycles. The first-order valence-corrected chi connectivity index (χ1v) is 8.16. The molecule has 0 aliphatic rings. The van der Waals surface area contributed by atoms with Gasteiger partial charge in [-0.25, -0.2) is 0 Å². The molecule has 0 heterocycles. The number of rotatable bonds is 6. The molecular weight excluding hydrogens is 284 g/mol. The molecule has 1 amide bonds. The fourth-order valence-electron chi connectivity index (χ4n) is 2.46. The lowest BCUT2D eigenvalue weighted by molar-refractivity contribution is 0.100. The van der Waals surface area contributed by atoms with E-state index in [9.17, 15) is 4.79 Å². The summed E-state index contributed by atoms with van der Waals surface area (Å²) >= 11 is 0. The van der Waals surface area contributed by atoms with Gasteiger partial charge in [0.1, 0.15) is 0 Å². The third-order valence-electron chi connectivity index (χ3n) is 3.90. The number of benzene rings is 2. The third kappa shape index (κ3) is 4.35. The second kappa shape index (κ2) is 7.32. The largest absolute Gasteiger partial charge is 0.384 e. The summed E-state index contributed by atoms with van der Waals surface area (Å²) in [4.78, 5) is 11.8. The maximum absolute atomic E-state index is 11.8. The molecule has 3 heteroatoms. The minimum Gasteiger partial charge on any atom is -0.384 e. The first-order chi connectivity index (χ1) is 10.9. The van der Waals surface area contributed by atoms with Crippen LogP contribution in [0.4, 0.5) is 5.69 Å². The Morgan fingerprint density at radius 2 is 1.61 bits per heavy atom. The van der Waals surface area contributed by atoms with Crippen molar-refractivity contribution in [3.05, 3.63) is 53.6 Å². The molecule has 3 N–H and O–H groups in total. The van der Waals surface area contributed by atoms with Gasteiger partial charge in [0.15, 0.2) is 0 Å². The molecule has 0 unspecified atom stereocenters. The average Bonchev–Trinajstić information content (AvgIpc) is 2.52. The molecule has 3 nitrogen and oxygen atoms in total. The smallest absolute Gasteiger partial charge is 0.250 e. The Kier molecular flexibility index (Phi) is 5.43. The highest BCUT2D eigenvalue weighted by Crippen LogP contribution is 2.27. The van der Waals surface area contributed by atoms with Crippen LogP contribution >= 0.6 is 0 Å². The first kappa shape index (κ1) is 17.1. The molecule has 0 atom stereocenters. The fourth-order valence-corrected chi connectivity index (χ4v) is 2.46. The molecule has 122 valence electrons. The van der Waals surface area contributed by atoms with Crippen LogP contribution in [-0.4, -0.2) is 12.5 Å². The molecule has 0 bridgehead atoms. The molecular formula is C20H26N2O. The highest BCUT2D eigenvalue weighted by atomic mass is 16.1. The lowest BCUT2D eigenvalue weighted by Gasteiger charge is -2.14. The molecule has 2 aromatic rings. The van der Waals surface area contributed by atoms with Crippen LogP contribution in [0, 0.1) is 5.92 Å². The van der Waals surface area contributed by atoms with Gasteiger partial charge < -0.3 is 11.1 Å². The summed E-state index contributed by atoms with van der Waals surface area (Å²) in [6, 6.07) is 14.3. The van der Waals surface area contributed by atoms with Gasteiger partial charge in [-0.15, -0.1) is 0 Å². The van der Waals surface area contributed by atoms with Crippen LogP contribution in [-0.2, 0) is 0 Å². The summed E-state index contributed by atoms with van der Waals surface area (Å²) in [5.41, 5.74) is 10.3. The Bertz CT molecular complexity index is 673. The third-order valence-corrected chi connectivity index (χ3v) is 3.90. The number of primary amides is 1. The van der Waals surface area contributed by atoms with E-state index in [1.165, 1.54) is 5.56 Å². The number of amides is 1. The summed E-state index contributed by atoms with van der Waals surface area (Å²) in [7, 11) is 0. The number of nitrogens with two attached hydrogens (primary N) is 1. The van der Waals surface area contributed by atoms with Gasteiger partial charge in [0.2, 0.25) is 0 Å². The molecule has 0 radical (unpaired) electrons. The van der Waals surface area contributed by atoms with Crippen molar-refractivity contribution in [3.8, 4) is 11.1 Å². The van der Waals surface area contributed by atoms with E-state index in [0.717, 1.165) is 23.4 Å². The predicted molar refractivity (Wildman–Crippen MR) is 97.8 cm³/mol. The number of hydrogen-bond donors (Lipinski definition) is 2. The monoisotopic (exact) mass is 310 g/mol. The van der Waals surface area contributed by atoms with Crippen LogP contribution in [0.3, 0.4) is 0 Å². The van der Waals surface area contributed by atoms with Crippen LogP contribution in [0.5, 0.6) is 0 Å². The lowest BCUT2D eigenvalue weighted by atomic mass is 9.97. The average molecular weight is 310 g/mol. The van der Waals surface area contributed by atoms with Crippen molar-refractivity contribution in [2.45, 2.75) is 33.6 Å². The van der Waals surface area contributed by atoms with Gasteiger partial charge in [-0.1, -0.05) is 58.0 Å². The van der Waals surface area contributed by atoms with Crippen molar-refractivity contribution in [3.63, 3.8) is 0 Å². The van der Waals surface area contributed by atoms with Crippen molar-refractivity contribution in [1.29, 1.82) is 0 Å². The molecule has 2 aromatic carbocycles. The number of carbonyl (C=O) groups is 1. The van der Waals surface area contributed by atoms with E-state index < -0.39 is 5.91 Å². The minimum atomic E-state index is -0.406. The number of nitrogens with one attached hydrogen (secondary N) is 1. The summed E-state index contributed by atoms with van der Waals surface area (Å²) in [6.07, 6.45) is 0. The van der Waals surface area contributed by atoms with Crippen LogP contribution in [0.1, 0.15) is 49.5 Å². The van der Waals surface area contributed by atoms with E-state index in [-0.39, 0.29) is 0 Å². The number of anilines is 1. The standard InChI is InChI=1S/C20H26N2O/c1-13(2)12-22-19-10-9-17(11-18(19)20(21)23)16-7-5-15(6-8-16)14(3)4/h5-11,13-14,22H,12H2,1-4H3,(H2,21,23). The van der Waals surface area contributed by atoms with E-state index in [1.807, 2.05) is 18.2 Å². The highest BCUT2D eigenvalue weighted by molar-refractivity contribution is 5.99. The van der Waals surface area contributed by atoms with Crippen LogP contribution in [0.2, 0.25) is 0 Å². The molecule has 0 aromatic heterocycles. The molecule has 0 saturated carbocycles. The van der Waals surface area contributed by atoms with Crippen molar-refractivity contribution >= 4 is 11.6 Å². The normalized spacial score (nSPS) is 11.0. The van der Waals surface area contributed by atoms with Crippen LogP contribution < -0.4 is 11.1 Å². The maximum Gasteiger partial charge on any atom is 0.250 e. The number of carbonyl (C=O) groups excluding carboxylic acids is 1. The second-order valence-electron chi connectivity index (χ2n) is 6.68. The first-order valence-electron chi connectivity index (χ1n) is 8.16. The molecule has 0 fully saturated rings. The summed E-state index contributed by atoms with van der Waals surface area (Å²) in [5, 5.41) is 3.30. The van der Waals surface area contributed by atoms with Gasteiger partial charge in [-0.05, 0) is 40.7 Å². The molecule has 2 rings (SSSR count). The zero-order valence-corrected chi connectivity index (χ0v) is 14.4. The summed E-state index contributed by atoms with van der Waals surface area (Å²) in [5.74, 6) is 0.601. The maximum atomic E-state index is 11.8. The van der Waals surface area contributed by atoms with Crippen LogP contribution in [0.15, 0.2) is 42.5 Å². The highest BCUT2D eigenvalue weighted by Gasteiger charge is 2.11. The van der Waals surface area contributed by atoms with Crippen LogP contribution in [0.25, 0.3) is 11.1 Å². The zero-order chi connectivity index (χ0) is 17.0. The molecule has 0 saturated heterocycles. The van der Waals surface area contributed by atoms with E-state index in [1.54, 1.807) is 0 Å². The zero-order valence-electron chi connectivity index (χ0n) is 14.4. The Hall–Kier alpha value is -2.29. The van der Waals surface area contributed by atoms with Gasteiger partial charge in [-0.2, -0.15) is 0 Å². The quantitative estimate of drug-likeness (QED) is 0.816. The van der Waals surface area contributed by atoms with E-state index in [2.05, 4.69) is 57.3 Å². The van der Waals surface area contributed by atoms with Crippen molar-refractivity contribution in [2.75, 3.05) is 11.9 Å². The van der Waals surface area contributed by atoms with Crippen molar-refractivity contribution < 1.29 is 4.79 Å². The molecule has 0 aliphatic carbocycles. The number of hydrogen-bond acceptors (Lipinski definition) is 2. The second-order valence-corrected chi connectivity index (χ2v) is 6.68. The van der Waals surface area contributed by atoms with Crippen molar-refractivity contribution in [1.82, 2.24) is 0 Å². The fraction of sp³-hybridized carbons (Fsp3) is 0.350. The van der Waals surface area contributed by atoms with Gasteiger partial charge in [-0.3, -0.25) is 4.79 Å². The summed E-state index contributed by atoms with van der Waals surface area (Å²) in [6.45, 7) is 9.41. The molecule has 0 spiro atoms.